The molecule has 6 heteroatoms. The summed E-state index contributed by atoms with van der Waals surface area (Å²) in [6, 6.07) is 13.6. The number of aryl methyl sites for hydroxylation is 4. The smallest absolute Gasteiger partial charge is 0.264 e. The maximum atomic E-state index is 10.9. The van der Waals surface area contributed by atoms with Crippen molar-refractivity contribution < 1.29 is 0 Å². The Balaban J connectivity index is 0.000000254. The molecule has 5 nitrogen and oxygen atoms in total. The van der Waals surface area contributed by atoms with Crippen molar-refractivity contribution in [1.82, 2.24) is 9.78 Å². The molecule has 0 saturated heterocycles. The predicted octanol–water partition coefficient (Wildman–Crippen LogP) is 3.79. The second-order valence-electron chi connectivity index (χ2n) is 5.87. The number of hydrazine groups is 1. The highest BCUT2D eigenvalue weighted by atomic mass is 35.5. The first kappa shape index (κ1) is 20.5. The maximum Gasteiger partial charge on any atom is 0.264 e. The number of benzene rings is 2. The number of anilines is 1. The fourth-order valence-electron chi connectivity index (χ4n) is 2.19. The van der Waals surface area contributed by atoms with E-state index in [-0.39, 0.29) is 18.0 Å². The molecule has 0 aliphatic carbocycles. The van der Waals surface area contributed by atoms with Crippen molar-refractivity contribution in [2.75, 3.05) is 5.43 Å². The summed E-state index contributed by atoms with van der Waals surface area (Å²) in [5.74, 6) is 5.22. The summed E-state index contributed by atoms with van der Waals surface area (Å²) in [4.78, 5) is 10.9. The van der Waals surface area contributed by atoms with Gasteiger partial charge in [0, 0.05) is 18.0 Å². The van der Waals surface area contributed by atoms with E-state index in [1.165, 1.54) is 28.3 Å². The van der Waals surface area contributed by atoms with Crippen LogP contribution >= 0.6 is 12.4 Å². The third kappa shape index (κ3) is 5.52. The van der Waals surface area contributed by atoms with Gasteiger partial charge in [-0.3, -0.25) is 20.4 Å². The van der Waals surface area contributed by atoms with Crippen LogP contribution in [0.5, 0.6) is 0 Å². The molecule has 0 unspecified atom stereocenters. The number of hydrogen-bond acceptors (Lipinski definition) is 3. The van der Waals surface area contributed by atoms with Crippen molar-refractivity contribution in [3.63, 3.8) is 0 Å². The molecule has 0 saturated carbocycles. The van der Waals surface area contributed by atoms with Crippen molar-refractivity contribution in [2.24, 2.45) is 5.84 Å². The Kier molecular flexibility index (Phi) is 7.48. The Bertz CT molecular complexity index is 883. The van der Waals surface area contributed by atoms with Crippen molar-refractivity contribution in [1.29, 1.82) is 0 Å². The zero-order valence-electron chi connectivity index (χ0n) is 15.0. The molecule has 2 aromatic carbocycles. The van der Waals surface area contributed by atoms with Gasteiger partial charge in [0.25, 0.3) is 5.56 Å². The number of rotatable bonds is 2. The molecule has 3 rings (SSSR count). The highest BCUT2D eigenvalue weighted by Crippen LogP contribution is 2.13. The van der Waals surface area contributed by atoms with Gasteiger partial charge in [0.2, 0.25) is 0 Å². The van der Waals surface area contributed by atoms with Gasteiger partial charge in [0.05, 0.1) is 5.69 Å². The van der Waals surface area contributed by atoms with E-state index < -0.39 is 0 Å². The lowest BCUT2D eigenvalue weighted by Gasteiger charge is -2.05. The minimum absolute atomic E-state index is 0. The van der Waals surface area contributed by atoms with Gasteiger partial charge in [-0.15, -0.1) is 12.4 Å². The Morgan fingerprint density at radius 1 is 0.880 bits per heavy atom. The summed E-state index contributed by atoms with van der Waals surface area (Å²) < 4.78 is 1.72. The lowest BCUT2D eigenvalue weighted by molar-refractivity contribution is 0.862. The summed E-state index contributed by atoms with van der Waals surface area (Å²) >= 11 is 0. The van der Waals surface area contributed by atoms with Crippen LogP contribution < -0.4 is 16.8 Å². The van der Waals surface area contributed by atoms with Gasteiger partial charge >= 0.3 is 0 Å². The third-order valence-electron chi connectivity index (χ3n) is 4.05. The fourth-order valence-corrected chi connectivity index (χ4v) is 2.19. The average Bonchev–Trinajstić information content (AvgIpc) is 3.00. The van der Waals surface area contributed by atoms with Gasteiger partial charge in [-0.05, 0) is 74.2 Å². The highest BCUT2D eigenvalue weighted by Gasteiger charge is 1.98. The minimum Gasteiger partial charge on any atom is -0.324 e. The normalized spacial score (nSPS) is 9.64. The monoisotopic (exact) mass is 360 g/mol. The number of aromatic amines is 1. The van der Waals surface area contributed by atoms with Gasteiger partial charge in [-0.25, -0.2) is 0 Å². The number of nitrogen functional groups attached to an aromatic ring is 1. The third-order valence-corrected chi connectivity index (χ3v) is 4.05. The van der Waals surface area contributed by atoms with E-state index in [1.807, 2.05) is 36.4 Å². The molecule has 0 bridgehead atoms. The van der Waals surface area contributed by atoms with Crippen molar-refractivity contribution >= 4 is 18.1 Å². The van der Waals surface area contributed by atoms with Gasteiger partial charge in [-0.1, -0.05) is 12.1 Å². The van der Waals surface area contributed by atoms with E-state index in [9.17, 15) is 4.79 Å². The quantitative estimate of drug-likeness (QED) is 0.480. The largest absolute Gasteiger partial charge is 0.324 e. The summed E-state index contributed by atoms with van der Waals surface area (Å²) in [6.45, 7) is 8.27. The Labute approximate surface area is 154 Å². The van der Waals surface area contributed by atoms with Crippen LogP contribution in [-0.2, 0) is 0 Å². The van der Waals surface area contributed by atoms with Crippen LogP contribution in [0.15, 0.2) is 53.5 Å². The lowest BCUT2D eigenvalue weighted by atomic mass is 10.1. The van der Waals surface area contributed by atoms with Crippen LogP contribution in [0.3, 0.4) is 0 Å². The first-order valence-electron chi connectivity index (χ1n) is 7.80. The van der Waals surface area contributed by atoms with E-state index in [0.29, 0.717) is 0 Å². The number of aromatic nitrogens is 2. The maximum absolute atomic E-state index is 10.9. The fraction of sp³-hybridized carbons (Fsp3) is 0.211. The first-order chi connectivity index (χ1) is 11.4. The SMILES string of the molecule is Cc1ccc(-n2ccc(=O)[nH]2)cc1C.Cc1ccc(NN)cc1C.Cl. The van der Waals surface area contributed by atoms with Crippen LogP contribution in [0.1, 0.15) is 22.3 Å². The number of hydrogen-bond donors (Lipinski definition) is 3. The van der Waals surface area contributed by atoms with Crippen LogP contribution in [0, 0.1) is 27.7 Å². The molecule has 0 aliphatic rings. The van der Waals surface area contributed by atoms with Crippen molar-refractivity contribution in [2.45, 2.75) is 27.7 Å². The van der Waals surface area contributed by atoms with Crippen LogP contribution in [-0.4, -0.2) is 9.78 Å². The number of nitrogens with zero attached hydrogens (tertiary/aromatic N) is 1. The van der Waals surface area contributed by atoms with E-state index in [4.69, 9.17) is 5.84 Å². The standard InChI is InChI=1S/C11H12N2O.C8H12N2.ClH/c1-8-3-4-10(7-9(8)2)13-6-5-11(14)12-13;1-6-3-4-8(10-9)5-7(6)2;/h3-7H,1-2H3,(H,12,14);3-5,10H,9H2,1-2H3;1H. The Morgan fingerprint density at radius 3 is 1.96 bits per heavy atom. The van der Waals surface area contributed by atoms with Gasteiger partial charge < -0.3 is 5.43 Å². The van der Waals surface area contributed by atoms with Gasteiger partial charge in [0.1, 0.15) is 0 Å². The van der Waals surface area contributed by atoms with Gasteiger partial charge in [0.15, 0.2) is 0 Å². The topological polar surface area (TPSA) is 75.8 Å². The zero-order valence-corrected chi connectivity index (χ0v) is 15.8. The molecule has 0 atom stereocenters. The Morgan fingerprint density at radius 2 is 1.48 bits per heavy atom. The molecular weight excluding hydrogens is 336 g/mol. The molecule has 4 N–H and O–H groups in total. The summed E-state index contributed by atoms with van der Waals surface area (Å²) in [6.07, 6.45) is 1.73. The average molecular weight is 361 g/mol. The van der Waals surface area contributed by atoms with Crippen molar-refractivity contribution in [3.05, 3.63) is 81.3 Å². The molecule has 0 radical (unpaired) electrons. The zero-order chi connectivity index (χ0) is 17.7. The molecule has 0 fully saturated rings. The summed E-state index contributed by atoms with van der Waals surface area (Å²) in [7, 11) is 0. The summed E-state index contributed by atoms with van der Waals surface area (Å²) in [5.41, 5.74) is 9.48. The van der Waals surface area contributed by atoms with Crippen molar-refractivity contribution in [3.8, 4) is 5.69 Å². The Hall–Kier alpha value is -2.50. The minimum atomic E-state index is -0.0803. The van der Waals surface area contributed by atoms with Crippen LogP contribution in [0.2, 0.25) is 0 Å². The van der Waals surface area contributed by atoms with Crippen LogP contribution in [0.4, 0.5) is 5.69 Å². The van der Waals surface area contributed by atoms with Crippen LogP contribution in [0.25, 0.3) is 5.69 Å². The van der Waals surface area contributed by atoms with E-state index >= 15 is 0 Å². The number of nitrogens with one attached hydrogen (secondary N) is 2. The molecule has 0 spiro atoms. The van der Waals surface area contributed by atoms with Gasteiger partial charge in [-0.2, -0.15) is 0 Å². The molecule has 25 heavy (non-hydrogen) atoms. The van der Waals surface area contributed by atoms with E-state index in [0.717, 1.165) is 11.4 Å². The van der Waals surface area contributed by atoms with E-state index in [1.54, 1.807) is 10.9 Å². The number of halogens is 1. The molecule has 134 valence electrons. The second kappa shape index (κ2) is 9.11. The molecule has 0 aliphatic heterocycles. The molecule has 1 heterocycles. The first-order valence-corrected chi connectivity index (χ1v) is 7.80. The summed E-state index contributed by atoms with van der Waals surface area (Å²) in [5, 5.41) is 2.70. The number of H-pyrrole nitrogens is 1. The molecular formula is C19H25ClN4O. The second-order valence-corrected chi connectivity index (χ2v) is 5.87. The predicted molar refractivity (Wildman–Crippen MR) is 107 cm³/mol. The van der Waals surface area contributed by atoms with E-state index in [2.05, 4.69) is 38.2 Å². The number of nitrogens with two attached hydrogens (primary N) is 1. The lowest BCUT2D eigenvalue weighted by Crippen LogP contribution is -2.06. The molecule has 1 aromatic heterocycles. The molecule has 3 aromatic rings. The molecule has 0 amide bonds. The highest BCUT2D eigenvalue weighted by molar-refractivity contribution is 5.85.